The second-order valence-corrected chi connectivity index (χ2v) is 6.49. The molecule has 20 heavy (non-hydrogen) atoms. The molecule has 0 aliphatic heterocycles. The Bertz CT molecular complexity index is 632. The molecule has 0 aliphatic rings. The predicted octanol–water partition coefficient (Wildman–Crippen LogP) is 4.18. The molecule has 0 saturated heterocycles. The summed E-state index contributed by atoms with van der Waals surface area (Å²) in [5, 5.41) is 10.0. The number of hydrogen-bond acceptors (Lipinski definition) is 1. The third-order valence-electron chi connectivity index (χ3n) is 3.80. The van der Waals surface area contributed by atoms with E-state index in [1.54, 1.807) is 0 Å². The monoisotopic (exact) mass is 273 g/mol. The summed E-state index contributed by atoms with van der Waals surface area (Å²) in [5.74, 6) is -0.724. The van der Waals surface area contributed by atoms with Crippen molar-refractivity contribution in [2.75, 3.05) is 0 Å². The number of rotatable bonds is 4. The van der Waals surface area contributed by atoms with E-state index >= 15 is 0 Å². The van der Waals surface area contributed by atoms with Gasteiger partial charge in [-0.25, -0.2) is 0 Å². The summed E-state index contributed by atoms with van der Waals surface area (Å²) in [6.07, 6.45) is 1.72. The van der Waals surface area contributed by atoms with E-state index in [1.807, 2.05) is 0 Å². The van der Waals surface area contributed by atoms with Crippen LogP contribution in [-0.4, -0.2) is 16.1 Å². The topological polar surface area (TPSA) is 53.1 Å². The molecule has 0 spiro atoms. The third-order valence-corrected chi connectivity index (χ3v) is 3.80. The normalized spacial score (nSPS) is 12.0. The van der Waals surface area contributed by atoms with E-state index in [4.69, 9.17) is 5.11 Å². The Morgan fingerprint density at radius 2 is 2.00 bits per heavy atom. The van der Waals surface area contributed by atoms with Crippen LogP contribution in [0.5, 0.6) is 0 Å². The van der Waals surface area contributed by atoms with Crippen LogP contribution >= 0.6 is 0 Å². The first-order chi connectivity index (χ1) is 9.29. The van der Waals surface area contributed by atoms with E-state index < -0.39 is 5.97 Å². The van der Waals surface area contributed by atoms with Crippen LogP contribution in [0.25, 0.3) is 10.9 Å². The summed E-state index contributed by atoms with van der Waals surface area (Å²) in [6.45, 7) is 8.68. The molecule has 0 saturated carbocycles. The minimum atomic E-state index is -0.724. The number of carbonyl (C=O) groups is 1. The molecule has 0 radical (unpaired) electrons. The highest BCUT2D eigenvalue weighted by Crippen LogP contribution is 2.30. The van der Waals surface area contributed by atoms with Crippen LogP contribution in [0.2, 0.25) is 0 Å². The maximum atomic E-state index is 10.7. The SMILES string of the molecule is Cc1[nH]c2ccc(C(C)(C)C)cc2c1CCCC(=O)O. The Morgan fingerprint density at radius 1 is 1.30 bits per heavy atom. The van der Waals surface area contributed by atoms with Crippen LogP contribution in [0.15, 0.2) is 18.2 Å². The van der Waals surface area contributed by atoms with Crippen molar-refractivity contribution in [3.05, 3.63) is 35.0 Å². The lowest BCUT2D eigenvalue weighted by molar-refractivity contribution is -0.137. The van der Waals surface area contributed by atoms with Gasteiger partial charge in [-0.15, -0.1) is 0 Å². The number of H-pyrrole nitrogens is 1. The van der Waals surface area contributed by atoms with Gasteiger partial charge in [0.15, 0.2) is 0 Å². The van der Waals surface area contributed by atoms with Crippen LogP contribution < -0.4 is 0 Å². The van der Waals surface area contributed by atoms with Gasteiger partial charge in [0.25, 0.3) is 0 Å². The maximum Gasteiger partial charge on any atom is 0.303 e. The van der Waals surface area contributed by atoms with Crippen LogP contribution in [0, 0.1) is 6.92 Å². The zero-order valence-electron chi connectivity index (χ0n) is 12.7. The number of aromatic nitrogens is 1. The fourth-order valence-corrected chi connectivity index (χ4v) is 2.59. The highest BCUT2D eigenvalue weighted by Gasteiger charge is 2.16. The highest BCUT2D eigenvalue weighted by atomic mass is 16.4. The predicted molar refractivity (Wildman–Crippen MR) is 82.3 cm³/mol. The van der Waals surface area contributed by atoms with Crippen molar-refractivity contribution in [3.63, 3.8) is 0 Å². The van der Waals surface area contributed by atoms with Crippen LogP contribution in [0.1, 0.15) is 50.4 Å². The van der Waals surface area contributed by atoms with Gasteiger partial charge >= 0.3 is 5.97 Å². The molecule has 2 rings (SSSR count). The Kier molecular flexibility index (Phi) is 3.89. The summed E-state index contributed by atoms with van der Waals surface area (Å²) in [7, 11) is 0. The van der Waals surface area contributed by atoms with E-state index in [0.29, 0.717) is 6.42 Å². The Morgan fingerprint density at radius 3 is 2.60 bits per heavy atom. The smallest absolute Gasteiger partial charge is 0.303 e. The molecule has 3 heteroatoms. The largest absolute Gasteiger partial charge is 0.481 e. The van der Waals surface area contributed by atoms with Gasteiger partial charge in [0.05, 0.1) is 0 Å². The lowest BCUT2D eigenvalue weighted by Gasteiger charge is -2.19. The molecule has 0 atom stereocenters. The molecule has 1 aromatic carbocycles. The molecular formula is C17H23NO2. The number of aryl methyl sites for hydroxylation is 2. The first-order valence-corrected chi connectivity index (χ1v) is 7.12. The number of aliphatic carboxylic acids is 1. The average Bonchev–Trinajstić information content (AvgIpc) is 2.63. The van der Waals surface area contributed by atoms with Crippen molar-refractivity contribution < 1.29 is 9.90 Å². The molecule has 1 heterocycles. The molecule has 3 nitrogen and oxygen atoms in total. The van der Waals surface area contributed by atoms with Crippen molar-refractivity contribution in [3.8, 4) is 0 Å². The second-order valence-electron chi connectivity index (χ2n) is 6.49. The molecule has 0 amide bonds. The first kappa shape index (κ1) is 14.6. The summed E-state index contributed by atoms with van der Waals surface area (Å²) >= 11 is 0. The van der Waals surface area contributed by atoms with Gasteiger partial charge in [-0.05, 0) is 48.4 Å². The Hall–Kier alpha value is -1.77. The number of carboxylic acids is 1. The number of hydrogen-bond donors (Lipinski definition) is 2. The number of carboxylic acid groups (broad SMARTS) is 1. The van der Waals surface area contributed by atoms with E-state index in [-0.39, 0.29) is 11.8 Å². The fraction of sp³-hybridized carbons (Fsp3) is 0.471. The number of nitrogens with one attached hydrogen (secondary N) is 1. The number of benzene rings is 1. The van der Waals surface area contributed by atoms with Crippen molar-refractivity contribution in [2.45, 2.75) is 52.4 Å². The second kappa shape index (κ2) is 5.31. The summed E-state index contributed by atoms with van der Waals surface area (Å²) < 4.78 is 0. The van der Waals surface area contributed by atoms with E-state index in [9.17, 15) is 4.79 Å². The van der Waals surface area contributed by atoms with E-state index in [1.165, 1.54) is 16.5 Å². The van der Waals surface area contributed by atoms with Gasteiger partial charge in [-0.2, -0.15) is 0 Å². The number of fused-ring (bicyclic) bond motifs is 1. The maximum absolute atomic E-state index is 10.7. The standard InChI is InChI=1S/C17H23NO2/c1-11-13(6-5-7-16(19)20)14-10-12(17(2,3)4)8-9-15(14)18-11/h8-10,18H,5-7H2,1-4H3,(H,19,20). The molecule has 0 unspecified atom stereocenters. The summed E-state index contributed by atoms with van der Waals surface area (Å²) in [5.41, 5.74) is 4.98. The number of aromatic amines is 1. The van der Waals surface area contributed by atoms with Crippen LogP contribution in [-0.2, 0) is 16.6 Å². The van der Waals surface area contributed by atoms with Crippen molar-refractivity contribution in [1.82, 2.24) is 4.98 Å². The molecule has 108 valence electrons. The quantitative estimate of drug-likeness (QED) is 0.878. The first-order valence-electron chi connectivity index (χ1n) is 7.12. The van der Waals surface area contributed by atoms with Gasteiger partial charge in [0.1, 0.15) is 0 Å². The van der Waals surface area contributed by atoms with Gasteiger partial charge in [0.2, 0.25) is 0 Å². The fourth-order valence-electron chi connectivity index (χ4n) is 2.59. The van der Waals surface area contributed by atoms with Gasteiger partial charge < -0.3 is 10.1 Å². The van der Waals surface area contributed by atoms with Gasteiger partial charge in [0, 0.05) is 23.0 Å². The van der Waals surface area contributed by atoms with E-state index in [2.05, 4.69) is 50.9 Å². The minimum Gasteiger partial charge on any atom is -0.481 e. The van der Waals surface area contributed by atoms with Gasteiger partial charge in [-0.3, -0.25) is 4.79 Å². The molecule has 2 N–H and O–H groups in total. The van der Waals surface area contributed by atoms with Crippen molar-refractivity contribution in [2.24, 2.45) is 0 Å². The molecule has 0 bridgehead atoms. The summed E-state index contributed by atoms with van der Waals surface area (Å²) in [6, 6.07) is 6.54. The molecule has 2 aromatic rings. The van der Waals surface area contributed by atoms with E-state index in [0.717, 1.165) is 17.6 Å². The molecule has 0 aliphatic carbocycles. The van der Waals surface area contributed by atoms with Crippen molar-refractivity contribution in [1.29, 1.82) is 0 Å². The minimum absolute atomic E-state index is 0.123. The zero-order valence-corrected chi connectivity index (χ0v) is 12.7. The molecular weight excluding hydrogens is 250 g/mol. The third kappa shape index (κ3) is 3.03. The van der Waals surface area contributed by atoms with Gasteiger partial charge in [-0.1, -0.05) is 26.8 Å². The molecule has 1 aromatic heterocycles. The summed E-state index contributed by atoms with van der Waals surface area (Å²) in [4.78, 5) is 14.1. The Balaban J connectivity index is 2.37. The molecule has 0 fully saturated rings. The lowest BCUT2D eigenvalue weighted by atomic mass is 9.86. The highest BCUT2D eigenvalue weighted by molar-refractivity contribution is 5.85. The van der Waals surface area contributed by atoms with Crippen LogP contribution in [0.3, 0.4) is 0 Å². The van der Waals surface area contributed by atoms with Crippen molar-refractivity contribution >= 4 is 16.9 Å². The lowest BCUT2D eigenvalue weighted by Crippen LogP contribution is -2.10. The van der Waals surface area contributed by atoms with Crippen LogP contribution in [0.4, 0.5) is 0 Å². The zero-order chi connectivity index (χ0) is 14.9. The Labute approximate surface area is 120 Å². The average molecular weight is 273 g/mol.